The normalized spacial score (nSPS) is 19.2. The maximum Gasteiger partial charge on any atom is 0.262 e. The van der Waals surface area contributed by atoms with Crippen molar-refractivity contribution in [2.45, 2.75) is 12.8 Å². The number of hydrogen-bond donors (Lipinski definition) is 2. The second kappa shape index (κ2) is 5.23. The number of ether oxygens (including phenoxy) is 1. The van der Waals surface area contributed by atoms with Crippen LogP contribution in [0, 0.1) is 0 Å². The molecule has 0 saturated carbocycles. The van der Waals surface area contributed by atoms with E-state index in [9.17, 15) is 4.79 Å². The number of hydrogen-bond acceptors (Lipinski definition) is 4. The fourth-order valence-electron chi connectivity index (χ4n) is 2.09. The van der Waals surface area contributed by atoms with Gasteiger partial charge in [-0.15, -0.1) is 0 Å². The fourth-order valence-corrected chi connectivity index (χ4v) is 2.09. The van der Waals surface area contributed by atoms with Gasteiger partial charge in [0.2, 0.25) is 0 Å². The van der Waals surface area contributed by atoms with Gasteiger partial charge in [0, 0.05) is 20.1 Å². The Labute approximate surface area is 101 Å². The van der Waals surface area contributed by atoms with Gasteiger partial charge in [-0.3, -0.25) is 4.79 Å². The van der Waals surface area contributed by atoms with Gasteiger partial charge in [0.15, 0.2) is 12.4 Å². The maximum absolute atomic E-state index is 11.2. The third-order valence-electron chi connectivity index (χ3n) is 3.02. The van der Waals surface area contributed by atoms with Gasteiger partial charge in [0.1, 0.15) is 0 Å². The van der Waals surface area contributed by atoms with Crippen molar-refractivity contribution < 1.29 is 9.53 Å². The van der Waals surface area contributed by atoms with E-state index in [1.807, 2.05) is 13.1 Å². The predicted molar refractivity (Wildman–Crippen MR) is 65.0 cm³/mol. The van der Waals surface area contributed by atoms with Crippen LogP contribution in [0.25, 0.3) is 0 Å². The van der Waals surface area contributed by atoms with Crippen molar-refractivity contribution in [2.75, 3.05) is 33.8 Å². The molecule has 94 valence electrons. The van der Waals surface area contributed by atoms with E-state index in [1.165, 1.54) is 5.70 Å². The SMILES string of the molecule is CNCCN(C)C1=C2OCC(=O)NC2=CCC1. The van der Waals surface area contributed by atoms with Gasteiger partial charge in [0.05, 0.1) is 11.4 Å². The molecule has 0 unspecified atom stereocenters. The second-order valence-electron chi connectivity index (χ2n) is 4.29. The van der Waals surface area contributed by atoms with E-state index in [-0.39, 0.29) is 12.5 Å². The highest BCUT2D eigenvalue weighted by Gasteiger charge is 2.26. The molecule has 1 aliphatic heterocycles. The number of carbonyl (C=O) groups excluding carboxylic acids is 1. The van der Waals surface area contributed by atoms with E-state index >= 15 is 0 Å². The number of amides is 1. The smallest absolute Gasteiger partial charge is 0.262 e. The molecular formula is C12H19N3O2. The van der Waals surface area contributed by atoms with E-state index in [2.05, 4.69) is 22.6 Å². The lowest BCUT2D eigenvalue weighted by Crippen LogP contribution is -2.38. The summed E-state index contributed by atoms with van der Waals surface area (Å²) in [7, 11) is 4.00. The molecule has 2 aliphatic rings. The van der Waals surface area contributed by atoms with Gasteiger partial charge in [0.25, 0.3) is 5.91 Å². The van der Waals surface area contributed by atoms with Gasteiger partial charge in [-0.25, -0.2) is 0 Å². The number of nitrogens with zero attached hydrogens (tertiary/aromatic N) is 1. The molecule has 0 spiro atoms. The van der Waals surface area contributed by atoms with Crippen LogP contribution < -0.4 is 10.6 Å². The quantitative estimate of drug-likeness (QED) is 0.732. The van der Waals surface area contributed by atoms with Gasteiger partial charge >= 0.3 is 0 Å². The van der Waals surface area contributed by atoms with Gasteiger partial charge < -0.3 is 20.3 Å². The zero-order valence-corrected chi connectivity index (χ0v) is 10.4. The van der Waals surface area contributed by atoms with E-state index in [0.717, 1.165) is 37.4 Å². The van der Waals surface area contributed by atoms with E-state index in [4.69, 9.17) is 4.74 Å². The summed E-state index contributed by atoms with van der Waals surface area (Å²) in [5.41, 5.74) is 2.01. The first-order chi connectivity index (χ1) is 8.22. The summed E-state index contributed by atoms with van der Waals surface area (Å²) in [6.45, 7) is 1.98. The van der Waals surface area contributed by atoms with Crippen LogP contribution >= 0.6 is 0 Å². The zero-order valence-electron chi connectivity index (χ0n) is 10.4. The van der Waals surface area contributed by atoms with Crippen molar-refractivity contribution in [3.8, 4) is 0 Å². The Morgan fingerprint density at radius 3 is 3.18 bits per heavy atom. The molecule has 2 rings (SSSR count). The first-order valence-electron chi connectivity index (χ1n) is 5.94. The predicted octanol–water partition coefficient (Wildman–Crippen LogP) is 0.173. The van der Waals surface area contributed by atoms with Crippen LogP contribution in [-0.4, -0.2) is 44.6 Å². The van der Waals surface area contributed by atoms with Crippen LogP contribution in [0.2, 0.25) is 0 Å². The molecule has 0 atom stereocenters. The third-order valence-corrected chi connectivity index (χ3v) is 3.02. The molecule has 17 heavy (non-hydrogen) atoms. The number of carbonyl (C=O) groups is 1. The summed E-state index contributed by atoms with van der Waals surface area (Å²) in [6.07, 6.45) is 3.94. The number of nitrogens with one attached hydrogen (secondary N) is 2. The molecule has 0 aromatic carbocycles. The molecule has 2 N–H and O–H groups in total. The summed E-state index contributed by atoms with van der Waals surface area (Å²) in [5, 5.41) is 5.98. The summed E-state index contributed by atoms with van der Waals surface area (Å²) in [6, 6.07) is 0. The number of allylic oxidation sites excluding steroid dienone is 2. The standard InChI is InChI=1S/C12H19N3O2/c1-13-6-7-15(2)10-5-3-4-9-12(10)17-8-11(16)14-9/h4,13H,3,5-8H2,1-2H3,(H,14,16). The summed E-state index contributed by atoms with van der Waals surface area (Å²) in [5.74, 6) is 0.772. The first-order valence-corrected chi connectivity index (χ1v) is 5.94. The Morgan fingerprint density at radius 1 is 1.59 bits per heavy atom. The van der Waals surface area contributed by atoms with Gasteiger partial charge in [-0.05, 0) is 19.9 Å². The lowest BCUT2D eigenvalue weighted by Gasteiger charge is -2.31. The van der Waals surface area contributed by atoms with Crippen LogP contribution in [0.4, 0.5) is 0 Å². The molecule has 5 heteroatoms. The topological polar surface area (TPSA) is 53.6 Å². The van der Waals surface area contributed by atoms with Crippen LogP contribution in [0.3, 0.4) is 0 Å². The molecule has 1 fully saturated rings. The number of fused-ring (bicyclic) bond motifs is 1. The number of rotatable bonds is 4. The average Bonchev–Trinajstić information content (AvgIpc) is 2.34. The average molecular weight is 237 g/mol. The molecule has 1 aliphatic carbocycles. The molecule has 5 nitrogen and oxygen atoms in total. The minimum atomic E-state index is -0.0703. The highest BCUT2D eigenvalue weighted by molar-refractivity contribution is 5.81. The minimum Gasteiger partial charge on any atom is -0.480 e. The molecule has 0 radical (unpaired) electrons. The third kappa shape index (κ3) is 2.61. The minimum absolute atomic E-state index is 0.0703. The second-order valence-corrected chi connectivity index (χ2v) is 4.29. The monoisotopic (exact) mass is 237 g/mol. The van der Waals surface area contributed by atoms with Crippen molar-refractivity contribution in [1.82, 2.24) is 15.5 Å². The van der Waals surface area contributed by atoms with E-state index in [0.29, 0.717) is 0 Å². The van der Waals surface area contributed by atoms with Crippen molar-refractivity contribution >= 4 is 5.91 Å². The van der Waals surface area contributed by atoms with Gasteiger partial charge in [-0.1, -0.05) is 6.08 Å². The van der Waals surface area contributed by atoms with Crippen molar-refractivity contribution in [2.24, 2.45) is 0 Å². The molecule has 1 heterocycles. The summed E-state index contributed by atoms with van der Waals surface area (Å²) in [4.78, 5) is 13.4. The first kappa shape index (κ1) is 12.0. The number of likely N-dealkylation sites (N-methyl/N-ethyl adjacent to an activating group) is 2. The van der Waals surface area contributed by atoms with Crippen molar-refractivity contribution in [3.63, 3.8) is 0 Å². The molecule has 0 bridgehead atoms. The Kier molecular flexibility index (Phi) is 3.68. The van der Waals surface area contributed by atoms with Crippen LogP contribution in [0.1, 0.15) is 12.8 Å². The summed E-state index contributed by atoms with van der Waals surface area (Å²) < 4.78 is 5.55. The molecule has 1 saturated heterocycles. The molecular weight excluding hydrogens is 218 g/mol. The fraction of sp³-hybridized carbons (Fsp3) is 0.583. The summed E-state index contributed by atoms with van der Waals surface area (Å²) >= 11 is 0. The lowest BCUT2D eigenvalue weighted by molar-refractivity contribution is -0.125. The van der Waals surface area contributed by atoms with Gasteiger partial charge in [-0.2, -0.15) is 0 Å². The highest BCUT2D eigenvalue weighted by atomic mass is 16.5. The Bertz CT molecular complexity index is 374. The largest absolute Gasteiger partial charge is 0.480 e. The Morgan fingerprint density at radius 2 is 2.41 bits per heavy atom. The lowest BCUT2D eigenvalue weighted by atomic mass is 10.0. The highest BCUT2D eigenvalue weighted by Crippen LogP contribution is 2.28. The van der Waals surface area contributed by atoms with E-state index < -0.39 is 0 Å². The molecule has 0 aromatic heterocycles. The maximum atomic E-state index is 11.2. The Hall–Kier alpha value is -1.49. The number of morpholine rings is 1. The van der Waals surface area contributed by atoms with Crippen LogP contribution in [-0.2, 0) is 9.53 Å². The van der Waals surface area contributed by atoms with Crippen molar-refractivity contribution in [3.05, 3.63) is 23.2 Å². The van der Waals surface area contributed by atoms with Crippen molar-refractivity contribution in [1.29, 1.82) is 0 Å². The van der Waals surface area contributed by atoms with Crippen LogP contribution in [0.15, 0.2) is 23.2 Å². The van der Waals surface area contributed by atoms with Crippen LogP contribution in [0.5, 0.6) is 0 Å². The molecule has 0 aromatic rings. The Balaban J connectivity index is 2.14. The van der Waals surface area contributed by atoms with E-state index in [1.54, 1.807) is 0 Å². The molecule has 1 amide bonds. The zero-order chi connectivity index (χ0) is 12.3.